The standard InChI is InChI=1S/C13H23BrO3S/c1-2-18(15,16)9-3-6-13(10-14)7-8-17-12(13)11-4-5-11/h11-12H,2-10H2,1H3. The summed E-state index contributed by atoms with van der Waals surface area (Å²) in [6.07, 6.45) is 5.75. The Morgan fingerprint density at radius 1 is 1.39 bits per heavy atom. The molecule has 1 aliphatic heterocycles. The van der Waals surface area contributed by atoms with Crippen LogP contribution in [0.15, 0.2) is 0 Å². The van der Waals surface area contributed by atoms with Gasteiger partial charge in [0.1, 0.15) is 9.84 Å². The fourth-order valence-corrected chi connectivity index (χ4v) is 4.76. The maximum Gasteiger partial charge on any atom is 0.150 e. The third kappa shape index (κ3) is 3.28. The molecule has 2 unspecified atom stereocenters. The monoisotopic (exact) mass is 338 g/mol. The Bertz CT molecular complexity index is 378. The van der Waals surface area contributed by atoms with E-state index in [4.69, 9.17) is 4.74 Å². The van der Waals surface area contributed by atoms with Gasteiger partial charge in [0.25, 0.3) is 0 Å². The first-order chi connectivity index (χ1) is 8.53. The Hall–Kier alpha value is 0.390. The van der Waals surface area contributed by atoms with Gasteiger partial charge in [0.05, 0.1) is 11.9 Å². The first kappa shape index (κ1) is 14.8. The van der Waals surface area contributed by atoms with Crippen molar-refractivity contribution in [2.75, 3.05) is 23.4 Å². The maximum absolute atomic E-state index is 11.6. The van der Waals surface area contributed by atoms with E-state index in [2.05, 4.69) is 15.9 Å². The highest BCUT2D eigenvalue weighted by Gasteiger charge is 2.49. The van der Waals surface area contributed by atoms with Crippen LogP contribution in [0.3, 0.4) is 0 Å². The summed E-state index contributed by atoms with van der Waals surface area (Å²) in [6, 6.07) is 0. The highest BCUT2D eigenvalue weighted by molar-refractivity contribution is 9.09. The Kier molecular flexibility index (Phi) is 4.76. The Morgan fingerprint density at radius 2 is 2.11 bits per heavy atom. The van der Waals surface area contributed by atoms with Crippen LogP contribution in [-0.2, 0) is 14.6 Å². The summed E-state index contributed by atoms with van der Waals surface area (Å²) in [5.74, 6) is 1.32. The van der Waals surface area contributed by atoms with E-state index in [1.807, 2.05) is 0 Å². The zero-order valence-electron chi connectivity index (χ0n) is 11.0. The fraction of sp³-hybridized carbons (Fsp3) is 1.00. The summed E-state index contributed by atoms with van der Waals surface area (Å²) in [4.78, 5) is 0. The molecule has 18 heavy (non-hydrogen) atoms. The average Bonchev–Trinajstić information content (AvgIpc) is 3.11. The molecule has 0 spiro atoms. The molecule has 3 nitrogen and oxygen atoms in total. The summed E-state index contributed by atoms with van der Waals surface area (Å²) in [5.41, 5.74) is 0.185. The van der Waals surface area contributed by atoms with Crippen LogP contribution in [-0.4, -0.2) is 38.0 Å². The minimum Gasteiger partial charge on any atom is -0.377 e. The van der Waals surface area contributed by atoms with Gasteiger partial charge in [-0.3, -0.25) is 0 Å². The van der Waals surface area contributed by atoms with Crippen molar-refractivity contribution in [1.82, 2.24) is 0 Å². The highest BCUT2D eigenvalue weighted by Crippen LogP contribution is 2.50. The van der Waals surface area contributed by atoms with Gasteiger partial charge in [-0.25, -0.2) is 8.42 Å². The molecule has 2 aliphatic rings. The number of hydrogen-bond donors (Lipinski definition) is 0. The van der Waals surface area contributed by atoms with E-state index in [9.17, 15) is 8.42 Å². The number of halogens is 1. The molecule has 0 N–H and O–H groups in total. The molecule has 2 rings (SSSR count). The predicted octanol–water partition coefficient (Wildman–Crippen LogP) is 2.78. The van der Waals surface area contributed by atoms with E-state index >= 15 is 0 Å². The van der Waals surface area contributed by atoms with E-state index in [-0.39, 0.29) is 11.2 Å². The fourth-order valence-electron chi connectivity index (χ4n) is 3.01. The van der Waals surface area contributed by atoms with Crippen molar-refractivity contribution in [3.63, 3.8) is 0 Å². The Balaban J connectivity index is 1.92. The lowest BCUT2D eigenvalue weighted by molar-refractivity contribution is 0.0374. The van der Waals surface area contributed by atoms with Gasteiger partial charge >= 0.3 is 0 Å². The molecule has 0 aromatic carbocycles. The van der Waals surface area contributed by atoms with Crippen LogP contribution in [0.1, 0.15) is 39.0 Å². The molecule has 2 fully saturated rings. The third-order valence-corrected chi connectivity index (χ3v) is 7.29. The number of alkyl halides is 1. The molecule has 2 atom stereocenters. The van der Waals surface area contributed by atoms with Crippen LogP contribution in [0.5, 0.6) is 0 Å². The molecule has 1 saturated carbocycles. The molecule has 1 saturated heterocycles. The van der Waals surface area contributed by atoms with Gasteiger partial charge in [0.2, 0.25) is 0 Å². The molecule has 0 aromatic rings. The molecule has 1 aliphatic carbocycles. The molecule has 1 heterocycles. The molecule has 106 valence electrons. The number of sulfone groups is 1. The summed E-state index contributed by atoms with van der Waals surface area (Å²) >= 11 is 3.64. The Morgan fingerprint density at radius 3 is 2.67 bits per heavy atom. The van der Waals surface area contributed by atoms with E-state index < -0.39 is 9.84 Å². The van der Waals surface area contributed by atoms with Crippen molar-refractivity contribution in [3.05, 3.63) is 0 Å². The van der Waals surface area contributed by atoms with Gasteiger partial charge in [-0.05, 0) is 38.0 Å². The molecular formula is C13H23BrO3S. The second-order valence-corrected chi connectivity index (χ2v) is 8.75. The number of hydrogen-bond acceptors (Lipinski definition) is 3. The van der Waals surface area contributed by atoms with Gasteiger partial charge in [0, 0.05) is 23.1 Å². The Labute approximate surface area is 119 Å². The van der Waals surface area contributed by atoms with E-state index in [1.54, 1.807) is 6.92 Å². The van der Waals surface area contributed by atoms with Crippen LogP contribution >= 0.6 is 15.9 Å². The van der Waals surface area contributed by atoms with E-state index in [0.717, 1.165) is 37.1 Å². The quantitative estimate of drug-likeness (QED) is 0.670. The van der Waals surface area contributed by atoms with Crippen LogP contribution in [0.25, 0.3) is 0 Å². The van der Waals surface area contributed by atoms with Crippen molar-refractivity contribution in [3.8, 4) is 0 Å². The third-order valence-electron chi connectivity index (χ3n) is 4.39. The van der Waals surface area contributed by atoms with Crippen molar-refractivity contribution in [2.24, 2.45) is 11.3 Å². The first-order valence-corrected chi connectivity index (χ1v) is 9.85. The van der Waals surface area contributed by atoms with Gasteiger partial charge in [0.15, 0.2) is 0 Å². The predicted molar refractivity (Wildman–Crippen MR) is 76.9 cm³/mol. The second-order valence-electron chi connectivity index (χ2n) is 5.71. The number of ether oxygens (including phenoxy) is 1. The van der Waals surface area contributed by atoms with Gasteiger partial charge in [-0.1, -0.05) is 22.9 Å². The molecule has 0 amide bonds. The zero-order chi connectivity index (χ0) is 13.2. The zero-order valence-corrected chi connectivity index (χ0v) is 13.4. The normalized spacial score (nSPS) is 32.9. The van der Waals surface area contributed by atoms with Crippen LogP contribution in [0.4, 0.5) is 0 Å². The summed E-state index contributed by atoms with van der Waals surface area (Å²) in [6.45, 7) is 2.56. The van der Waals surface area contributed by atoms with Gasteiger partial charge in [-0.2, -0.15) is 0 Å². The van der Waals surface area contributed by atoms with Crippen LogP contribution in [0, 0.1) is 11.3 Å². The van der Waals surface area contributed by atoms with E-state index in [1.165, 1.54) is 12.8 Å². The van der Waals surface area contributed by atoms with Crippen LogP contribution in [0.2, 0.25) is 0 Å². The minimum absolute atomic E-state index is 0.185. The summed E-state index contributed by atoms with van der Waals surface area (Å²) < 4.78 is 29.0. The average molecular weight is 339 g/mol. The van der Waals surface area contributed by atoms with E-state index in [0.29, 0.717) is 11.9 Å². The molecule has 0 radical (unpaired) electrons. The number of rotatable bonds is 7. The smallest absolute Gasteiger partial charge is 0.150 e. The topological polar surface area (TPSA) is 43.4 Å². The van der Waals surface area contributed by atoms with Crippen molar-refractivity contribution >= 4 is 25.8 Å². The highest BCUT2D eigenvalue weighted by atomic mass is 79.9. The SMILES string of the molecule is CCS(=O)(=O)CCCC1(CBr)CCOC1C1CC1. The minimum atomic E-state index is -2.82. The van der Waals surface area contributed by atoms with Crippen molar-refractivity contribution in [2.45, 2.75) is 45.1 Å². The summed E-state index contributed by atoms with van der Waals surface area (Å²) in [7, 11) is -2.82. The van der Waals surface area contributed by atoms with Gasteiger partial charge < -0.3 is 4.74 Å². The molecule has 0 bridgehead atoms. The second kappa shape index (κ2) is 5.80. The first-order valence-electron chi connectivity index (χ1n) is 6.91. The lowest BCUT2D eigenvalue weighted by Crippen LogP contribution is -2.35. The van der Waals surface area contributed by atoms with Crippen LogP contribution < -0.4 is 0 Å². The summed E-state index contributed by atoms with van der Waals surface area (Å²) in [5, 5.41) is 0.938. The lowest BCUT2D eigenvalue weighted by atomic mass is 9.77. The molecular weight excluding hydrogens is 316 g/mol. The maximum atomic E-state index is 11.6. The molecule has 0 aromatic heterocycles. The molecule has 5 heteroatoms. The largest absolute Gasteiger partial charge is 0.377 e. The van der Waals surface area contributed by atoms with Crippen molar-refractivity contribution in [1.29, 1.82) is 0 Å². The van der Waals surface area contributed by atoms with Gasteiger partial charge in [-0.15, -0.1) is 0 Å². The van der Waals surface area contributed by atoms with Crippen molar-refractivity contribution < 1.29 is 13.2 Å². The lowest BCUT2D eigenvalue weighted by Gasteiger charge is -2.32.